The van der Waals surface area contributed by atoms with Gasteiger partial charge in [-0.1, -0.05) is 24.3 Å². The zero-order valence-corrected chi connectivity index (χ0v) is 34.0. The van der Waals surface area contributed by atoms with Crippen LogP contribution in [-0.4, -0.2) is 104 Å². The molecule has 14 nitrogen and oxygen atoms in total. The number of likely N-dealkylation sites (tertiary alicyclic amines) is 2. The summed E-state index contributed by atoms with van der Waals surface area (Å²) >= 11 is 0. The Bertz CT molecular complexity index is 2280. The summed E-state index contributed by atoms with van der Waals surface area (Å²) in [6.45, 7) is 3.13. The van der Waals surface area contributed by atoms with E-state index in [4.69, 9.17) is 4.74 Å². The molecule has 4 aromatic rings. The third-order valence-corrected chi connectivity index (χ3v) is 12.7. The lowest BCUT2D eigenvalue weighted by Gasteiger charge is -2.40. The van der Waals surface area contributed by atoms with E-state index in [1.165, 1.54) is 16.7 Å². The van der Waals surface area contributed by atoms with Crippen molar-refractivity contribution < 1.29 is 33.0 Å². The number of hydrogen-bond donors (Lipinski definition) is 4. The summed E-state index contributed by atoms with van der Waals surface area (Å²) in [6.07, 6.45) is 8.66. The number of aliphatic hydroxyl groups is 1. The Hall–Kier alpha value is -5.74. The van der Waals surface area contributed by atoms with E-state index in [0.29, 0.717) is 92.9 Å². The van der Waals surface area contributed by atoms with Crippen molar-refractivity contribution in [2.45, 2.75) is 100 Å². The van der Waals surface area contributed by atoms with Crippen molar-refractivity contribution in [1.29, 1.82) is 0 Å². The average Bonchev–Trinajstić information content (AvgIpc) is 3.26. The standard InChI is InChI=1S/C45H52F2N8O6/c46-36-27-32(49-38-13-14-39(56)51-42(38)58)9-12-35(36)29-15-21-53(22-16-29)23-17-45(60)18-24-54(25-19-45)44(59)61-34-10-7-31(8-11-34)50-43-48-28-37(47)41(52-43)30-4-3-5-33(26-30)55-20-2-1-6-40(55)57/h1-6,9,12,20,26-29,31,34,38,49,60H,7-8,10-11,13-19,21-25H2,(H,48,50,52)(H,51,56,58)/t31-,34-,38?. The van der Waals surface area contributed by atoms with Gasteiger partial charge in [0.05, 0.1) is 11.8 Å². The van der Waals surface area contributed by atoms with E-state index in [1.807, 2.05) is 0 Å². The molecule has 0 bridgehead atoms. The fraction of sp³-hybridized carbons (Fsp3) is 0.467. The second-order valence-corrected chi connectivity index (χ2v) is 16.8. The molecule has 322 valence electrons. The number of aromatic nitrogens is 3. The number of amides is 3. The van der Waals surface area contributed by atoms with Crippen LogP contribution < -0.4 is 21.5 Å². The lowest BCUT2D eigenvalue weighted by molar-refractivity contribution is -0.133. The number of anilines is 2. The van der Waals surface area contributed by atoms with Crippen LogP contribution in [0.15, 0.2) is 77.9 Å². The maximum absolute atomic E-state index is 15.2. The first kappa shape index (κ1) is 42.0. The summed E-state index contributed by atoms with van der Waals surface area (Å²) in [7, 11) is 0. The van der Waals surface area contributed by atoms with Gasteiger partial charge >= 0.3 is 6.09 Å². The van der Waals surface area contributed by atoms with Crippen LogP contribution in [-0.2, 0) is 14.3 Å². The summed E-state index contributed by atoms with van der Waals surface area (Å²) < 4.78 is 37.6. The number of pyridine rings is 1. The smallest absolute Gasteiger partial charge is 0.410 e. The molecule has 4 fully saturated rings. The number of halogens is 2. The molecule has 0 radical (unpaired) electrons. The van der Waals surface area contributed by atoms with Gasteiger partial charge in [-0.05, 0) is 119 Å². The molecular weight excluding hydrogens is 787 g/mol. The van der Waals surface area contributed by atoms with E-state index in [9.17, 15) is 28.7 Å². The second kappa shape index (κ2) is 18.5. The number of ether oxygens (including phenoxy) is 1. The molecule has 16 heteroatoms. The molecule has 3 saturated heterocycles. The minimum atomic E-state index is -0.874. The summed E-state index contributed by atoms with van der Waals surface area (Å²) in [6, 6.07) is 16.3. The lowest BCUT2D eigenvalue weighted by Crippen LogP contribution is -2.49. The van der Waals surface area contributed by atoms with E-state index in [0.717, 1.165) is 38.7 Å². The van der Waals surface area contributed by atoms with E-state index in [1.54, 1.807) is 59.6 Å². The number of nitrogens with one attached hydrogen (secondary N) is 3. The van der Waals surface area contributed by atoms with Gasteiger partial charge in [0.25, 0.3) is 5.56 Å². The number of carbonyl (C=O) groups is 3. The van der Waals surface area contributed by atoms with Gasteiger partial charge in [0, 0.05) is 61.3 Å². The van der Waals surface area contributed by atoms with E-state index >= 15 is 4.39 Å². The zero-order chi connectivity index (χ0) is 42.5. The minimum Gasteiger partial charge on any atom is -0.446 e. The fourth-order valence-electron chi connectivity index (χ4n) is 8.98. The van der Waals surface area contributed by atoms with Gasteiger partial charge in [-0.25, -0.2) is 23.5 Å². The van der Waals surface area contributed by atoms with Crippen LogP contribution in [0.5, 0.6) is 0 Å². The van der Waals surface area contributed by atoms with Crippen LogP contribution in [0.2, 0.25) is 0 Å². The summed E-state index contributed by atoms with van der Waals surface area (Å²) in [5.41, 5.74) is 1.34. The first-order valence-electron chi connectivity index (χ1n) is 21.4. The van der Waals surface area contributed by atoms with Gasteiger partial charge in [-0.2, -0.15) is 0 Å². The molecule has 3 amide bonds. The lowest BCUT2D eigenvalue weighted by atomic mass is 9.86. The molecule has 2 aromatic carbocycles. The van der Waals surface area contributed by atoms with Crippen molar-refractivity contribution in [3.05, 3.63) is 101 Å². The van der Waals surface area contributed by atoms with Gasteiger partial charge in [0.15, 0.2) is 5.82 Å². The fourth-order valence-corrected chi connectivity index (χ4v) is 8.98. The van der Waals surface area contributed by atoms with Crippen molar-refractivity contribution in [3.8, 4) is 16.9 Å². The van der Waals surface area contributed by atoms with E-state index in [-0.39, 0.29) is 53.6 Å². The van der Waals surface area contributed by atoms with E-state index in [2.05, 4.69) is 30.8 Å². The number of benzene rings is 2. The Kier molecular flexibility index (Phi) is 12.7. The first-order valence-corrected chi connectivity index (χ1v) is 21.4. The number of piperidine rings is 3. The highest BCUT2D eigenvalue weighted by Gasteiger charge is 2.36. The molecule has 4 aliphatic rings. The normalized spacial score (nSPS) is 22.3. The van der Waals surface area contributed by atoms with Crippen molar-refractivity contribution in [3.63, 3.8) is 0 Å². The van der Waals surface area contributed by atoms with Gasteiger partial charge in [0.1, 0.15) is 23.7 Å². The van der Waals surface area contributed by atoms with Crippen LogP contribution >= 0.6 is 0 Å². The predicted octanol–water partition coefficient (Wildman–Crippen LogP) is 5.75. The number of carbonyl (C=O) groups excluding carboxylic acids is 3. The monoisotopic (exact) mass is 838 g/mol. The molecule has 2 aromatic heterocycles. The molecule has 0 spiro atoms. The van der Waals surface area contributed by atoms with Crippen molar-refractivity contribution in [1.82, 2.24) is 29.7 Å². The highest BCUT2D eigenvalue weighted by molar-refractivity contribution is 6.01. The molecule has 1 atom stereocenters. The first-order chi connectivity index (χ1) is 29.5. The molecule has 4 N–H and O–H groups in total. The van der Waals surface area contributed by atoms with Crippen molar-refractivity contribution in [2.75, 3.05) is 43.4 Å². The second-order valence-electron chi connectivity index (χ2n) is 16.8. The minimum absolute atomic E-state index is 0.0158. The molecule has 5 heterocycles. The third kappa shape index (κ3) is 10.2. The maximum Gasteiger partial charge on any atom is 0.410 e. The Balaban J connectivity index is 0.740. The molecular formula is C45H52F2N8O6. The maximum atomic E-state index is 15.2. The molecule has 1 saturated carbocycles. The van der Waals surface area contributed by atoms with Crippen molar-refractivity contribution >= 4 is 29.5 Å². The van der Waals surface area contributed by atoms with Gasteiger partial charge in [-0.15, -0.1) is 0 Å². The van der Waals surface area contributed by atoms with Gasteiger partial charge in [-0.3, -0.25) is 24.3 Å². The summed E-state index contributed by atoms with van der Waals surface area (Å²) in [4.78, 5) is 61.7. The largest absolute Gasteiger partial charge is 0.446 e. The number of rotatable bonds is 11. The van der Waals surface area contributed by atoms with Crippen LogP contribution in [0.25, 0.3) is 16.9 Å². The van der Waals surface area contributed by atoms with Gasteiger partial charge in [0.2, 0.25) is 17.8 Å². The molecule has 8 rings (SSSR count). The molecule has 61 heavy (non-hydrogen) atoms. The van der Waals surface area contributed by atoms with Crippen LogP contribution in [0.1, 0.15) is 82.1 Å². The zero-order valence-electron chi connectivity index (χ0n) is 34.0. The Morgan fingerprint density at radius 3 is 2.41 bits per heavy atom. The van der Waals surface area contributed by atoms with Crippen LogP contribution in [0, 0.1) is 11.6 Å². The number of imide groups is 1. The molecule has 1 aliphatic carbocycles. The van der Waals surface area contributed by atoms with Crippen LogP contribution in [0.4, 0.5) is 25.2 Å². The van der Waals surface area contributed by atoms with Gasteiger partial charge < -0.3 is 30.3 Å². The summed E-state index contributed by atoms with van der Waals surface area (Å²) in [5, 5.41) is 20.1. The highest BCUT2D eigenvalue weighted by Crippen LogP contribution is 2.34. The third-order valence-electron chi connectivity index (χ3n) is 12.7. The number of nitrogens with zero attached hydrogens (tertiary/aromatic N) is 5. The molecule has 3 aliphatic heterocycles. The average molecular weight is 839 g/mol. The summed E-state index contributed by atoms with van der Waals surface area (Å²) in [5.74, 6) is -1.20. The topological polar surface area (TPSA) is 171 Å². The Morgan fingerprint density at radius 1 is 0.885 bits per heavy atom. The number of hydrogen-bond acceptors (Lipinski definition) is 11. The Morgan fingerprint density at radius 2 is 1.67 bits per heavy atom. The highest BCUT2D eigenvalue weighted by atomic mass is 19.1. The SMILES string of the molecule is O=C1CCC(Nc2ccc(C3CCN(CCC4(O)CCN(C(=O)O[C@H]5CC[C@H](Nc6ncc(F)c(-c7cccc(-n8ccccc8=O)c7)n6)CC5)CC4)CC3)c(F)c2)C(=O)N1. The quantitative estimate of drug-likeness (QED) is 0.136. The van der Waals surface area contributed by atoms with E-state index < -0.39 is 23.4 Å². The Labute approximate surface area is 352 Å². The predicted molar refractivity (Wildman–Crippen MR) is 224 cm³/mol. The van der Waals surface area contributed by atoms with Crippen molar-refractivity contribution in [2.24, 2.45) is 0 Å². The van der Waals surface area contributed by atoms with Crippen LogP contribution in [0.3, 0.4) is 0 Å². The molecule has 1 unspecified atom stereocenters.